The van der Waals surface area contributed by atoms with Crippen LogP contribution in [0.25, 0.3) is 0 Å². The van der Waals surface area contributed by atoms with Gasteiger partial charge in [0.25, 0.3) is 0 Å². The molecule has 0 saturated heterocycles. The lowest BCUT2D eigenvalue weighted by molar-refractivity contribution is 3.22. The van der Waals surface area contributed by atoms with Gasteiger partial charge in [0.15, 0.2) is 0 Å². The molecule has 0 atom stereocenters. The summed E-state index contributed by atoms with van der Waals surface area (Å²) in [5.41, 5.74) is 0. The molecule has 0 saturated carbocycles. The van der Waals surface area contributed by atoms with Crippen LogP contribution in [-0.4, -0.2) is 270 Å². The van der Waals surface area contributed by atoms with Gasteiger partial charge in [0, 0.05) is 115 Å². The lowest BCUT2D eigenvalue weighted by atomic mass is 8.28. The summed E-state index contributed by atoms with van der Waals surface area (Å²) in [5.74, 6) is 0. The highest BCUT2D eigenvalue weighted by Crippen LogP contribution is 2.18. The minimum absolute atomic E-state index is 0.699. The Morgan fingerprint density at radius 3 is 0.289 bits per heavy atom. The van der Waals surface area contributed by atoms with Gasteiger partial charge in [-0.2, -0.15) is 0 Å². The van der Waals surface area contributed by atoms with Crippen LogP contribution in [0.2, 0.25) is 0 Å². The van der Waals surface area contributed by atoms with E-state index in [1.807, 2.05) is 0 Å². The van der Waals surface area contributed by atoms with Gasteiger partial charge in [-0.25, -0.2) is 0 Å². The van der Waals surface area contributed by atoms with Gasteiger partial charge < -0.3 is 0 Å². The minimum Gasteiger partial charge on any atom is 0.000118 e. The van der Waals surface area contributed by atoms with Gasteiger partial charge in [-0.05, 0) is 0 Å². The summed E-state index contributed by atoms with van der Waals surface area (Å²) >= 11 is 0. The third-order valence-electron chi connectivity index (χ3n) is 10.8. The molecular formula is H40B38. The van der Waals surface area contributed by atoms with E-state index in [-0.39, 0.29) is 0 Å². The molecule has 154 valence electrons. The molecule has 0 unspecified atom stereocenters. The van der Waals surface area contributed by atoms with Crippen LogP contribution < -0.4 is 0 Å². The molecular weight excluding hydrogens is 411 g/mol. The third kappa shape index (κ3) is 10.9. The van der Waals surface area contributed by atoms with Crippen molar-refractivity contribution in [3.8, 4) is 0 Å². The fourth-order valence-electron chi connectivity index (χ4n) is 10.6. The molecule has 0 bridgehead atoms. The summed E-state index contributed by atoms with van der Waals surface area (Å²) in [4.78, 5) is 0. The molecule has 0 radical (unpaired) electrons. The topological polar surface area (TPSA) is 0 Å². The van der Waals surface area contributed by atoms with E-state index in [9.17, 15) is 0 Å². The second kappa shape index (κ2) is 18.3. The van der Waals surface area contributed by atoms with E-state index in [0.29, 0.717) is 63.9 Å². The quantitative estimate of drug-likeness (QED) is 0.193. The zero-order chi connectivity index (χ0) is 30.4. The van der Waals surface area contributed by atoms with E-state index in [1.54, 1.807) is 0 Å². The first-order valence-electron chi connectivity index (χ1n) is 17.2. The van der Waals surface area contributed by atoms with E-state index in [4.69, 9.17) is 0 Å². The lowest BCUT2D eigenvalue weighted by Crippen LogP contribution is -2.92. The molecule has 0 heterocycles. The molecule has 0 aromatic carbocycles. The smallest absolute Gasteiger partial charge is 0.000118 e. The van der Waals surface area contributed by atoms with Crippen molar-refractivity contribution in [2.75, 3.05) is 0 Å². The van der Waals surface area contributed by atoms with Crippen LogP contribution in [0.1, 0.15) is 0 Å². The molecule has 38 heavy (non-hydrogen) atoms. The highest BCUT2D eigenvalue weighted by Gasteiger charge is 2.57. The van der Waals surface area contributed by atoms with E-state index in [1.165, 1.54) is 0 Å². The predicted molar refractivity (Wildman–Crippen MR) is 274 cm³/mol. The van der Waals surface area contributed by atoms with Gasteiger partial charge in [0.2, 0.25) is 0 Å². The van der Waals surface area contributed by atoms with Crippen molar-refractivity contribution in [1.82, 2.24) is 0 Å². The highest BCUT2D eigenvalue weighted by molar-refractivity contribution is 8.31. The average Bonchev–Trinajstić information content (AvgIpc) is 2.67. The summed E-state index contributed by atoms with van der Waals surface area (Å²) in [6.45, 7) is 0. The first-order valence-corrected chi connectivity index (χ1v) is 17.2. The maximum atomic E-state index is 2.56. The molecule has 0 rings (SSSR count). The summed E-state index contributed by atoms with van der Waals surface area (Å²) < 4.78 is 0. The lowest BCUT2D eigenvalue weighted by Gasteiger charge is -2.53. The van der Waals surface area contributed by atoms with E-state index in [0.717, 1.165) is 51.1 Å². The van der Waals surface area contributed by atoms with Gasteiger partial charge in [-0.3, -0.25) is 0 Å². The van der Waals surface area contributed by atoms with Gasteiger partial charge in [0.05, 0.1) is 155 Å². The molecule has 0 aliphatic carbocycles. The summed E-state index contributed by atoms with van der Waals surface area (Å²) in [6.07, 6.45) is 13.0. The Kier molecular flexibility index (Phi) is 19.5. The summed E-state index contributed by atoms with van der Waals surface area (Å²) in [5, 5.41) is 0. The van der Waals surface area contributed by atoms with E-state index < -0.39 is 0 Å². The van der Waals surface area contributed by atoms with Crippen LogP contribution in [0, 0.1) is 0 Å². The zero-order valence-electron chi connectivity index (χ0n) is 30.4. The molecule has 0 nitrogen and oxygen atoms in total. The van der Waals surface area contributed by atoms with Gasteiger partial charge in [-0.1, -0.05) is 0 Å². The average molecular weight is 451 g/mol. The summed E-state index contributed by atoms with van der Waals surface area (Å²) in [6, 6.07) is 0. The molecule has 0 aromatic heterocycles. The Bertz CT molecular complexity index is 478. The zero-order valence-corrected chi connectivity index (χ0v) is 30.4. The van der Waals surface area contributed by atoms with Crippen molar-refractivity contribution in [1.29, 1.82) is 0 Å². The summed E-state index contributed by atoms with van der Waals surface area (Å²) in [7, 11) is 51.0. The van der Waals surface area contributed by atoms with Gasteiger partial charge in [-0.15, -0.1) is 0 Å². The fourth-order valence-corrected chi connectivity index (χ4v) is 10.6. The Morgan fingerprint density at radius 1 is 0.132 bits per heavy atom. The number of rotatable bonds is 17. The minimum atomic E-state index is 0.699. The maximum absolute atomic E-state index is 2.56. The molecule has 0 aliphatic heterocycles. The van der Waals surface area contributed by atoms with Crippen LogP contribution in [0.4, 0.5) is 0 Å². The number of hydrogen-bond donors (Lipinski definition) is 0. The largest absolute Gasteiger partial charge is 0.0552 e. The van der Waals surface area contributed by atoms with Crippen molar-refractivity contribution < 1.29 is 0 Å². The van der Waals surface area contributed by atoms with Crippen molar-refractivity contribution >= 4 is 270 Å². The second-order valence-corrected chi connectivity index (χ2v) is 17.1. The van der Waals surface area contributed by atoms with Crippen LogP contribution in [0.15, 0.2) is 0 Å². The Balaban J connectivity index is 8.12. The molecule has 0 aromatic rings. The van der Waals surface area contributed by atoms with Crippen LogP contribution in [-0.2, 0) is 0 Å². The maximum Gasteiger partial charge on any atom is 0.0552 e. The van der Waals surface area contributed by atoms with Crippen molar-refractivity contribution in [2.45, 2.75) is 0 Å². The van der Waals surface area contributed by atoms with Crippen molar-refractivity contribution in [3.05, 3.63) is 0 Å². The van der Waals surface area contributed by atoms with Gasteiger partial charge in [0.1, 0.15) is 0 Å². The van der Waals surface area contributed by atoms with Crippen LogP contribution in [0.5, 0.6) is 0 Å². The second-order valence-electron chi connectivity index (χ2n) is 17.1. The molecule has 0 fully saturated rings. The van der Waals surface area contributed by atoms with Crippen molar-refractivity contribution in [3.63, 3.8) is 0 Å². The molecule has 0 amide bonds. The Hall–Kier alpha value is 2.47. The van der Waals surface area contributed by atoms with Crippen molar-refractivity contribution in [2.24, 2.45) is 0 Å². The first-order chi connectivity index (χ1) is 17.2. The third-order valence-corrected chi connectivity index (χ3v) is 10.8. The van der Waals surface area contributed by atoms with E-state index in [2.05, 4.69) is 155 Å². The Morgan fingerprint density at radius 2 is 0.211 bits per heavy atom. The predicted octanol–water partition coefficient (Wildman–Crippen LogP) is -25.2. The number of hydrogen-bond acceptors (Lipinski definition) is 0. The first kappa shape index (κ1) is 40.5. The SMILES string of the molecule is BB(B)B(B(B)B)B(B(B(B)B)B(B)B)B(B(B(B)B)B(B)B)B(B(B(B)B)B(B)B)B(B(B)B)B(B)B. The Labute approximate surface area is 268 Å². The fraction of sp³-hybridized carbons (Fsp3) is 0. The normalized spacial score (nSPS) is 9.58. The molecule has 0 aliphatic rings. The molecule has 38 heteroatoms. The van der Waals surface area contributed by atoms with Gasteiger partial charge >= 0.3 is 0 Å². The monoisotopic (exact) mass is 459 g/mol. The molecule has 0 N–H and O–H groups in total. The highest BCUT2D eigenvalue weighted by atomic mass is 13.4. The standard InChI is InChI=1S/B38H40/c1-21(2)31(22(3)4)36(32(23(5)6)24(7)8)38(35(29(17)18)30(19)20)37(33(25(9)10)26(11)12)34(27(13)14)28(15)16/h1-20H2. The van der Waals surface area contributed by atoms with Crippen LogP contribution >= 0.6 is 0 Å². The molecule has 0 spiro atoms. The van der Waals surface area contributed by atoms with Crippen LogP contribution in [0.3, 0.4) is 0 Å². The van der Waals surface area contributed by atoms with E-state index >= 15 is 0 Å².